The molecule has 1 fully saturated rings. The van der Waals surface area contributed by atoms with Crippen molar-refractivity contribution in [2.24, 2.45) is 23.7 Å². The minimum atomic E-state index is -0.199. The highest BCUT2D eigenvalue weighted by molar-refractivity contribution is 5.79. The Bertz CT molecular complexity index is 486. The third-order valence-corrected chi connectivity index (χ3v) is 5.25. The van der Waals surface area contributed by atoms with Crippen molar-refractivity contribution in [1.29, 1.82) is 0 Å². The molecule has 0 aromatic heterocycles. The molecule has 1 aliphatic carbocycles. The Morgan fingerprint density at radius 1 is 1.26 bits per heavy atom. The Labute approximate surface area is 140 Å². The number of carbonyl (C=O) groups excluding carboxylic acids is 1. The highest BCUT2D eigenvalue weighted by atomic mass is 16.3. The quantitative estimate of drug-likeness (QED) is 0.844. The summed E-state index contributed by atoms with van der Waals surface area (Å²) in [6, 6.07) is 9.83. The molecule has 0 spiro atoms. The van der Waals surface area contributed by atoms with Gasteiger partial charge in [0.2, 0.25) is 5.91 Å². The molecule has 0 heterocycles. The summed E-state index contributed by atoms with van der Waals surface area (Å²) in [6.07, 6.45) is 4.01. The molecule has 0 radical (unpaired) electrons. The smallest absolute Gasteiger partial charge is 0.223 e. The summed E-state index contributed by atoms with van der Waals surface area (Å²) in [5.41, 5.74) is 1.14. The SMILES string of the molecule is CC1CCC(C(C)C)C(C(=O)NC(CO)Cc2ccccc2)C1. The van der Waals surface area contributed by atoms with Gasteiger partial charge in [-0.3, -0.25) is 4.79 Å². The van der Waals surface area contributed by atoms with Gasteiger partial charge >= 0.3 is 0 Å². The third kappa shape index (κ3) is 5.07. The largest absolute Gasteiger partial charge is 0.394 e. The Morgan fingerprint density at radius 3 is 2.57 bits per heavy atom. The van der Waals surface area contributed by atoms with Gasteiger partial charge in [0.15, 0.2) is 0 Å². The molecule has 4 unspecified atom stereocenters. The molecule has 1 amide bonds. The van der Waals surface area contributed by atoms with Crippen molar-refractivity contribution >= 4 is 5.91 Å². The van der Waals surface area contributed by atoms with Gasteiger partial charge in [-0.05, 0) is 42.6 Å². The summed E-state index contributed by atoms with van der Waals surface area (Å²) >= 11 is 0. The van der Waals surface area contributed by atoms with Crippen LogP contribution in [0.2, 0.25) is 0 Å². The summed E-state index contributed by atoms with van der Waals surface area (Å²) in [4.78, 5) is 12.8. The second-order valence-corrected chi connectivity index (χ2v) is 7.51. The zero-order valence-electron chi connectivity index (χ0n) is 14.7. The Kier molecular flexibility index (Phi) is 6.64. The third-order valence-electron chi connectivity index (χ3n) is 5.25. The Balaban J connectivity index is 1.99. The van der Waals surface area contributed by atoms with Crippen LogP contribution in [0.15, 0.2) is 30.3 Å². The second kappa shape index (κ2) is 8.49. The number of amides is 1. The van der Waals surface area contributed by atoms with E-state index in [-0.39, 0.29) is 24.5 Å². The highest BCUT2D eigenvalue weighted by Gasteiger charge is 2.35. The molecule has 0 aliphatic heterocycles. The first kappa shape index (κ1) is 18.0. The summed E-state index contributed by atoms with van der Waals surface area (Å²) in [5.74, 6) is 1.82. The van der Waals surface area contributed by atoms with E-state index in [1.165, 1.54) is 6.42 Å². The molecule has 1 aliphatic rings. The topological polar surface area (TPSA) is 49.3 Å². The zero-order chi connectivity index (χ0) is 16.8. The van der Waals surface area contributed by atoms with Crippen LogP contribution in [0.3, 0.4) is 0 Å². The van der Waals surface area contributed by atoms with Crippen molar-refractivity contribution in [3.8, 4) is 0 Å². The average molecular weight is 317 g/mol. The maximum Gasteiger partial charge on any atom is 0.223 e. The van der Waals surface area contributed by atoms with Crippen LogP contribution >= 0.6 is 0 Å². The molecular weight excluding hydrogens is 286 g/mol. The molecule has 1 aromatic carbocycles. The van der Waals surface area contributed by atoms with E-state index < -0.39 is 0 Å². The molecule has 0 bridgehead atoms. The first-order chi connectivity index (χ1) is 11.0. The van der Waals surface area contributed by atoms with E-state index in [4.69, 9.17) is 0 Å². The molecular formula is C20H31NO2. The van der Waals surface area contributed by atoms with Crippen molar-refractivity contribution in [2.45, 2.75) is 52.5 Å². The van der Waals surface area contributed by atoms with Gasteiger partial charge in [-0.25, -0.2) is 0 Å². The van der Waals surface area contributed by atoms with Gasteiger partial charge in [0.05, 0.1) is 12.6 Å². The van der Waals surface area contributed by atoms with Gasteiger partial charge in [-0.15, -0.1) is 0 Å². The van der Waals surface area contributed by atoms with Crippen LogP contribution in [0.25, 0.3) is 0 Å². The Hall–Kier alpha value is -1.35. The molecule has 23 heavy (non-hydrogen) atoms. The number of aliphatic hydroxyl groups is 1. The summed E-state index contributed by atoms with van der Waals surface area (Å²) in [5, 5.41) is 12.7. The van der Waals surface area contributed by atoms with Crippen molar-refractivity contribution in [1.82, 2.24) is 5.32 Å². The van der Waals surface area contributed by atoms with E-state index in [9.17, 15) is 9.90 Å². The number of benzene rings is 1. The van der Waals surface area contributed by atoms with Crippen LogP contribution in [0.4, 0.5) is 0 Å². The second-order valence-electron chi connectivity index (χ2n) is 7.51. The van der Waals surface area contributed by atoms with Crippen LogP contribution in [0.1, 0.15) is 45.6 Å². The van der Waals surface area contributed by atoms with Crippen molar-refractivity contribution in [3.63, 3.8) is 0 Å². The minimum Gasteiger partial charge on any atom is -0.394 e. The number of aliphatic hydroxyl groups excluding tert-OH is 1. The van der Waals surface area contributed by atoms with Gasteiger partial charge in [0.1, 0.15) is 0 Å². The maximum atomic E-state index is 12.8. The summed E-state index contributed by atoms with van der Waals surface area (Å²) in [7, 11) is 0. The van der Waals surface area contributed by atoms with E-state index in [2.05, 4.69) is 26.1 Å². The van der Waals surface area contributed by atoms with Gasteiger partial charge in [-0.2, -0.15) is 0 Å². The van der Waals surface area contributed by atoms with Crippen LogP contribution in [-0.2, 0) is 11.2 Å². The molecule has 0 saturated heterocycles. The fourth-order valence-electron chi connectivity index (χ4n) is 3.87. The van der Waals surface area contributed by atoms with Crippen molar-refractivity contribution < 1.29 is 9.90 Å². The van der Waals surface area contributed by atoms with Crippen LogP contribution in [0.5, 0.6) is 0 Å². The molecule has 128 valence electrons. The highest BCUT2D eigenvalue weighted by Crippen LogP contribution is 2.38. The number of rotatable bonds is 6. The lowest BCUT2D eigenvalue weighted by atomic mass is 9.69. The van der Waals surface area contributed by atoms with Crippen LogP contribution in [-0.4, -0.2) is 23.7 Å². The number of carbonyl (C=O) groups is 1. The lowest BCUT2D eigenvalue weighted by molar-refractivity contribution is -0.130. The van der Waals surface area contributed by atoms with Gasteiger partial charge in [0.25, 0.3) is 0 Å². The lowest BCUT2D eigenvalue weighted by Crippen LogP contribution is -2.46. The van der Waals surface area contributed by atoms with E-state index >= 15 is 0 Å². The first-order valence-electron chi connectivity index (χ1n) is 8.96. The molecule has 3 heteroatoms. The van der Waals surface area contributed by atoms with E-state index in [1.54, 1.807) is 0 Å². The van der Waals surface area contributed by atoms with E-state index in [0.717, 1.165) is 18.4 Å². The molecule has 2 rings (SSSR count). The number of nitrogens with one attached hydrogen (secondary N) is 1. The van der Waals surface area contributed by atoms with E-state index in [0.29, 0.717) is 24.2 Å². The minimum absolute atomic E-state index is 0.0186. The number of hydrogen-bond acceptors (Lipinski definition) is 2. The van der Waals surface area contributed by atoms with Crippen molar-refractivity contribution in [3.05, 3.63) is 35.9 Å². The fourth-order valence-corrected chi connectivity index (χ4v) is 3.87. The summed E-state index contributed by atoms with van der Waals surface area (Å²) < 4.78 is 0. The average Bonchev–Trinajstić information content (AvgIpc) is 2.54. The van der Waals surface area contributed by atoms with Crippen LogP contribution in [0, 0.1) is 23.7 Å². The molecule has 4 atom stereocenters. The predicted octanol–water partition coefficient (Wildman–Crippen LogP) is 3.41. The lowest BCUT2D eigenvalue weighted by Gasteiger charge is -2.37. The van der Waals surface area contributed by atoms with Crippen molar-refractivity contribution in [2.75, 3.05) is 6.61 Å². The molecule has 1 saturated carbocycles. The normalized spacial score (nSPS) is 26.0. The monoisotopic (exact) mass is 317 g/mol. The summed E-state index contributed by atoms with van der Waals surface area (Å²) in [6.45, 7) is 6.66. The zero-order valence-corrected chi connectivity index (χ0v) is 14.7. The number of hydrogen-bond donors (Lipinski definition) is 2. The van der Waals surface area contributed by atoms with E-state index in [1.807, 2.05) is 30.3 Å². The fraction of sp³-hybridized carbons (Fsp3) is 0.650. The standard InChI is InChI=1S/C20H31NO2/c1-14(2)18-10-9-15(3)11-19(18)20(23)21-17(13-22)12-16-7-5-4-6-8-16/h4-8,14-15,17-19,22H,9-13H2,1-3H3,(H,21,23). The molecule has 3 nitrogen and oxygen atoms in total. The predicted molar refractivity (Wildman–Crippen MR) is 94.0 cm³/mol. The van der Waals surface area contributed by atoms with Gasteiger partial charge < -0.3 is 10.4 Å². The van der Waals surface area contributed by atoms with Crippen LogP contribution < -0.4 is 5.32 Å². The Morgan fingerprint density at radius 2 is 1.96 bits per heavy atom. The molecule has 2 N–H and O–H groups in total. The van der Waals surface area contributed by atoms with Gasteiger partial charge in [0, 0.05) is 5.92 Å². The first-order valence-corrected chi connectivity index (χ1v) is 8.96. The molecule has 1 aromatic rings. The maximum absolute atomic E-state index is 12.8. The van der Waals surface area contributed by atoms with Gasteiger partial charge in [-0.1, -0.05) is 57.5 Å².